The molecule has 0 aromatic heterocycles. The number of ether oxygens (including phenoxy) is 1. The molecule has 1 aromatic rings. The van der Waals surface area contributed by atoms with Gasteiger partial charge in [0.2, 0.25) is 0 Å². The van der Waals surface area contributed by atoms with E-state index < -0.39 is 5.60 Å². The molecule has 2 atom stereocenters. The van der Waals surface area contributed by atoms with Crippen molar-refractivity contribution in [2.45, 2.75) is 37.3 Å². The van der Waals surface area contributed by atoms with Gasteiger partial charge in [0.1, 0.15) is 0 Å². The smallest absolute Gasteiger partial charge is 0.0737 e. The molecule has 18 heavy (non-hydrogen) atoms. The summed E-state index contributed by atoms with van der Waals surface area (Å²) in [5.74, 6) is 0.163. The summed E-state index contributed by atoms with van der Waals surface area (Å²) >= 11 is 0. The minimum atomic E-state index is -0.634. The Kier molecular flexibility index (Phi) is 3.14. The van der Waals surface area contributed by atoms with E-state index >= 15 is 0 Å². The molecule has 0 amide bonds. The number of rotatable bonds is 1. The summed E-state index contributed by atoms with van der Waals surface area (Å²) in [5, 5.41) is 10.8. The summed E-state index contributed by atoms with van der Waals surface area (Å²) in [6.45, 7) is 1.31. The highest BCUT2D eigenvalue weighted by Gasteiger charge is 2.43. The first-order valence-corrected chi connectivity index (χ1v) is 6.84. The van der Waals surface area contributed by atoms with Crippen LogP contribution in [0.2, 0.25) is 0 Å². The summed E-state index contributed by atoms with van der Waals surface area (Å²) in [5.41, 5.74) is 8.33. The number of hydrogen-bond acceptors (Lipinski definition) is 3. The highest BCUT2D eigenvalue weighted by molar-refractivity contribution is 5.33. The van der Waals surface area contributed by atoms with E-state index in [9.17, 15) is 5.11 Å². The maximum absolute atomic E-state index is 10.8. The van der Waals surface area contributed by atoms with Crippen LogP contribution in [-0.4, -0.2) is 23.9 Å². The Labute approximate surface area is 108 Å². The van der Waals surface area contributed by atoms with Crippen molar-refractivity contribution in [1.82, 2.24) is 0 Å². The SMILES string of the molecule is N[C@H]1c2ccccc2CC[C@@H]1C1(O)CCOCC1. The Morgan fingerprint density at radius 1 is 1.22 bits per heavy atom. The summed E-state index contributed by atoms with van der Waals surface area (Å²) in [6.07, 6.45) is 3.44. The van der Waals surface area contributed by atoms with Crippen molar-refractivity contribution in [3.05, 3.63) is 35.4 Å². The molecule has 2 aliphatic rings. The summed E-state index contributed by atoms with van der Waals surface area (Å²) in [4.78, 5) is 0. The minimum Gasteiger partial charge on any atom is -0.389 e. The van der Waals surface area contributed by atoms with Crippen molar-refractivity contribution < 1.29 is 9.84 Å². The lowest BCUT2D eigenvalue weighted by Gasteiger charge is -2.44. The average molecular weight is 247 g/mol. The molecular formula is C15H21NO2. The second-order valence-electron chi connectivity index (χ2n) is 5.59. The predicted molar refractivity (Wildman–Crippen MR) is 70.2 cm³/mol. The van der Waals surface area contributed by atoms with Crippen LogP contribution in [0, 0.1) is 5.92 Å². The molecule has 1 heterocycles. The molecule has 0 radical (unpaired) electrons. The van der Waals surface area contributed by atoms with Gasteiger partial charge >= 0.3 is 0 Å². The Morgan fingerprint density at radius 3 is 2.72 bits per heavy atom. The summed E-state index contributed by atoms with van der Waals surface area (Å²) in [6, 6.07) is 8.32. The van der Waals surface area contributed by atoms with Crippen LogP contribution in [0.15, 0.2) is 24.3 Å². The van der Waals surface area contributed by atoms with Crippen LogP contribution in [0.4, 0.5) is 0 Å². The van der Waals surface area contributed by atoms with Crippen LogP contribution in [0.1, 0.15) is 36.4 Å². The largest absolute Gasteiger partial charge is 0.389 e. The van der Waals surface area contributed by atoms with E-state index in [0.29, 0.717) is 26.1 Å². The van der Waals surface area contributed by atoms with Crippen molar-refractivity contribution in [3.63, 3.8) is 0 Å². The average Bonchev–Trinajstić information content (AvgIpc) is 2.40. The van der Waals surface area contributed by atoms with Crippen LogP contribution in [-0.2, 0) is 11.2 Å². The fourth-order valence-electron chi connectivity index (χ4n) is 3.49. The molecule has 3 N–H and O–H groups in total. The predicted octanol–water partition coefficient (Wildman–Crippen LogP) is 1.79. The fourth-order valence-corrected chi connectivity index (χ4v) is 3.49. The van der Waals surface area contributed by atoms with E-state index in [1.54, 1.807) is 0 Å². The maximum atomic E-state index is 10.8. The molecule has 1 saturated heterocycles. The van der Waals surface area contributed by atoms with Crippen molar-refractivity contribution in [2.24, 2.45) is 11.7 Å². The van der Waals surface area contributed by atoms with Crippen molar-refractivity contribution >= 4 is 0 Å². The number of hydrogen-bond donors (Lipinski definition) is 2. The van der Waals surface area contributed by atoms with Gasteiger partial charge in [0, 0.05) is 25.2 Å². The van der Waals surface area contributed by atoms with E-state index in [2.05, 4.69) is 18.2 Å². The molecule has 0 spiro atoms. The van der Waals surface area contributed by atoms with Crippen molar-refractivity contribution in [3.8, 4) is 0 Å². The quantitative estimate of drug-likeness (QED) is 0.795. The van der Waals surface area contributed by atoms with Gasteiger partial charge in [0.25, 0.3) is 0 Å². The molecule has 0 unspecified atom stereocenters. The highest BCUT2D eigenvalue weighted by atomic mass is 16.5. The third kappa shape index (κ3) is 1.96. The van der Waals surface area contributed by atoms with Gasteiger partial charge < -0.3 is 15.6 Å². The first-order chi connectivity index (χ1) is 8.71. The van der Waals surface area contributed by atoms with Crippen LogP contribution < -0.4 is 5.73 Å². The van der Waals surface area contributed by atoms with E-state index in [1.807, 2.05) is 6.07 Å². The molecule has 1 aliphatic carbocycles. The van der Waals surface area contributed by atoms with Gasteiger partial charge in [-0.1, -0.05) is 24.3 Å². The number of fused-ring (bicyclic) bond motifs is 1. The van der Waals surface area contributed by atoms with E-state index in [-0.39, 0.29) is 12.0 Å². The van der Waals surface area contributed by atoms with Gasteiger partial charge in [0.05, 0.1) is 5.60 Å². The molecule has 1 aromatic carbocycles. The lowest BCUT2D eigenvalue weighted by molar-refractivity contribution is -0.109. The first kappa shape index (κ1) is 12.2. The van der Waals surface area contributed by atoms with Gasteiger partial charge in [-0.05, 0) is 36.8 Å². The molecule has 98 valence electrons. The summed E-state index contributed by atoms with van der Waals surface area (Å²) in [7, 11) is 0. The van der Waals surface area contributed by atoms with Crippen LogP contribution in [0.3, 0.4) is 0 Å². The van der Waals surface area contributed by atoms with Gasteiger partial charge in [-0.3, -0.25) is 0 Å². The zero-order valence-corrected chi connectivity index (χ0v) is 10.6. The Hall–Kier alpha value is -0.900. The van der Waals surface area contributed by atoms with Crippen LogP contribution in [0.5, 0.6) is 0 Å². The van der Waals surface area contributed by atoms with Gasteiger partial charge in [-0.25, -0.2) is 0 Å². The third-order valence-electron chi connectivity index (χ3n) is 4.62. The monoisotopic (exact) mass is 247 g/mol. The highest BCUT2D eigenvalue weighted by Crippen LogP contribution is 2.42. The first-order valence-electron chi connectivity index (χ1n) is 6.84. The van der Waals surface area contributed by atoms with E-state index in [0.717, 1.165) is 12.8 Å². The molecule has 0 saturated carbocycles. The summed E-state index contributed by atoms with van der Waals surface area (Å²) < 4.78 is 5.36. The Morgan fingerprint density at radius 2 is 1.94 bits per heavy atom. The second kappa shape index (κ2) is 4.65. The number of nitrogens with two attached hydrogens (primary N) is 1. The van der Waals surface area contributed by atoms with E-state index in [4.69, 9.17) is 10.5 Å². The van der Waals surface area contributed by atoms with E-state index in [1.165, 1.54) is 11.1 Å². The van der Waals surface area contributed by atoms with Crippen LogP contribution >= 0.6 is 0 Å². The van der Waals surface area contributed by atoms with Crippen molar-refractivity contribution in [2.75, 3.05) is 13.2 Å². The Balaban J connectivity index is 1.87. The molecule has 3 heteroatoms. The van der Waals surface area contributed by atoms with Gasteiger partial charge in [0.15, 0.2) is 0 Å². The number of aliphatic hydroxyl groups is 1. The Bertz CT molecular complexity index is 426. The molecule has 1 fully saturated rings. The minimum absolute atomic E-state index is 0.0435. The standard InChI is InChI=1S/C15H21NO2/c16-14-12-4-2-1-3-11(12)5-6-13(14)15(17)7-9-18-10-8-15/h1-4,13-14,17H,5-10,16H2/t13-,14-/m0/s1. The maximum Gasteiger partial charge on any atom is 0.0737 e. The number of aryl methyl sites for hydroxylation is 1. The van der Waals surface area contributed by atoms with Crippen molar-refractivity contribution in [1.29, 1.82) is 0 Å². The van der Waals surface area contributed by atoms with Gasteiger partial charge in [-0.15, -0.1) is 0 Å². The topological polar surface area (TPSA) is 55.5 Å². The molecule has 3 rings (SSSR count). The van der Waals surface area contributed by atoms with Crippen LogP contribution in [0.25, 0.3) is 0 Å². The molecule has 1 aliphatic heterocycles. The zero-order valence-electron chi connectivity index (χ0n) is 10.6. The molecular weight excluding hydrogens is 226 g/mol. The zero-order chi connectivity index (χ0) is 12.6. The number of benzene rings is 1. The second-order valence-corrected chi connectivity index (χ2v) is 5.59. The van der Waals surface area contributed by atoms with Gasteiger partial charge in [-0.2, -0.15) is 0 Å². The third-order valence-corrected chi connectivity index (χ3v) is 4.62. The lowest BCUT2D eigenvalue weighted by atomic mass is 9.69. The molecule has 0 bridgehead atoms. The normalized spacial score (nSPS) is 30.8. The fraction of sp³-hybridized carbons (Fsp3) is 0.600. The lowest BCUT2D eigenvalue weighted by Crippen LogP contribution is -2.49. The molecule has 3 nitrogen and oxygen atoms in total.